The van der Waals surface area contributed by atoms with Gasteiger partial charge >= 0.3 is 11.7 Å². The molecule has 29 heavy (non-hydrogen) atoms. The Morgan fingerprint density at radius 1 is 1.17 bits per heavy atom. The first-order valence-electron chi connectivity index (χ1n) is 8.90. The van der Waals surface area contributed by atoms with Crippen molar-refractivity contribution in [3.05, 3.63) is 68.0 Å². The Labute approximate surface area is 175 Å². The normalized spacial score (nSPS) is 11.5. The molecule has 0 radical (unpaired) electrons. The van der Waals surface area contributed by atoms with E-state index in [0.29, 0.717) is 11.4 Å². The Balaban J connectivity index is 1.89. The van der Waals surface area contributed by atoms with Crippen LogP contribution in [-0.4, -0.2) is 36.5 Å². The van der Waals surface area contributed by atoms with E-state index in [-0.39, 0.29) is 12.2 Å². The molecule has 152 valence electrons. The number of tetrazole rings is 1. The molecule has 0 aliphatic carbocycles. The number of aryl methyl sites for hydroxylation is 2. The van der Waals surface area contributed by atoms with Gasteiger partial charge in [0.05, 0.1) is 12.2 Å². The Hall–Kier alpha value is -2.94. The zero-order valence-electron chi connectivity index (χ0n) is 16.5. The molecule has 2 aromatic carbocycles. The van der Waals surface area contributed by atoms with Crippen molar-refractivity contribution in [3.8, 4) is 11.4 Å². The second-order valence-corrected chi connectivity index (χ2v) is 8.20. The average Bonchev–Trinajstić information content (AvgIpc) is 2.99. The minimum Gasteiger partial charge on any atom is -0.478 e. The second kappa shape index (κ2) is 7.82. The van der Waals surface area contributed by atoms with E-state index in [1.54, 1.807) is 12.1 Å². The first-order valence-corrected chi connectivity index (χ1v) is 9.69. The fraction of sp³-hybridized carbons (Fsp3) is 0.300. The third-order valence-electron chi connectivity index (χ3n) is 4.42. The summed E-state index contributed by atoms with van der Waals surface area (Å²) in [6, 6.07) is 10.9. The molecule has 0 fully saturated rings. The van der Waals surface area contributed by atoms with Gasteiger partial charge in [-0.25, -0.2) is 9.59 Å². The van der Waals surface area contributed by atoms with Crippen molar-refractivity contribution in [2.75, 3.05) is 0 Å². The van der Waals surface area contributed by atoms with Crippen LogP contribution in [0.3, 0.4) is 0 Å². The van der Waals surface area contributed by atoms with Gasteiger partial charge in [-0.2, -0.15) is 9.36 Å². The molecule has 1 aromatic heterocycles. The molecule has 1 N–H and O–H groups in total. The molecule has 0 aliphatic heterocycles. The number of aromatic nitrogens is 4. The number of carboxylic acid groups (broad SMARTS) is 1. The third kappa shape index (κ3) is 4.40. The lowest BCUT2D eigenvalue weighted by atomic mass is 10.0. The van der Waals surface area contributed by atoms with E-state index in [0.717, 1.165) is 21.2 Å². The van der Waals surface area contributed by atoms with E-state index in [2.05, 4.69) is 26.4 Å². The van der Waals surface area contributed by atoms with Gasteiger partial charge in [0.1, 0.15) is 5.75 Å². The molecule has 3 rings (SSSR count). The van der Waals surface area contributed by atoms with Gasteiger partial charge in [0, 0.05) is 4.47 Å². The van der Waals surface area contributed by atoms with E-state index < -0.39 is 11.6 Å². The van der Waals surface area contributed by atoms with Crippen molar-refractivity contribution in [2.45, 2.75) is 39.8 Å². The lowest BCUT2D eigenvalue weighted by molar-refractivity contribution is -0.152. The van der Waals surface area contributed by atoms with Crippen LogP contribution in [0.4, 0.5) is 0 Å². The summed E-state index contributed by atoms with van der Waals surface area (Å²) in [4.78, 5) is 24.0. The van der Waals surface area contributed by atoms with Gasteiger partial charge < -0.3 is 9.84 Å². The number of aliphatic carboxylic acids is 1. The Morgan fingerprint density at radius 3 is 2.41 bits per heavy atom. The standard InChI is InChI=1S/C20H21BrN4O4/c1-12-8-14(9-13(2)17(12)29-20(3,4)18(26)27)11-24-19(28)25(23-22-24)16-7-5-6-15(21)10-16/h5-10H,11H2,1-4H3,(H,26,27). The highest BCUT2D eigenvalue weighted by atomic mass is 79.9. The van der Waals surface area contributed by atoms with Gasteiger partial charge in [-0.1, -0.05) is 34.1 Å². The third-order valence-corrected chi connectivity index (χ3v) is 4.91. The quantitative estimate of drug-likeness (QED) is 0.606. The van der Waals surface area contributed by atoms with Crippen LogP contribution in [0.1, 0.15) is 30.5 Å². The van der Waals surface area contributed by atoms with Crippen LogP contribution in [0.25, 0.3) is 5.69 Å². The van der Waals surface area contributed by atoms with Crippen LogP contribution < -0.4 is 10.4 Å². The van der Waals surface area contributed by atoms with Crippen LogP contribution in [-0.2, 0) is 11.3 Å². The zero-order chi connectivity index (χ0) is 21.3. The Kier molecular flexibility index (Phi) is 5.61. The molecule has 0 bridgehead atoms. The number of nitrogens with zero attached hydrogens (tertiary/aromatic N) is 4. The van der Waals surface area contributed by atoms with Crippen molar-refractivity contribution >= 4 is 21.9 Å². The highest BCUT2D eigenvalue weighted by Gasteiger charge is 2.30. The minimum atomic E-state index is -1.35. The molecule has 0 aliphatic rings. The number of carbonyl (C=O) groups is 1. The molecule has 8 nitrogen and oxygen atoms in total. The summed E-state index contributed by atoms with van der Waals surface area (Å²) < 4.78 is 9.07. The molecule has 0 saturated carbocycles. The van der Waals surface area contributed by atoms with Gasteiger partial charge in [0.15, 0.2) is 5.60 Å². The van der Waals surface area contributed by atoms with Crippen LogP contribution >= 0.6 is 15.9 Å². The molecular weight excluding hydrogens is 440 g/mol. The van der Waals surface area contributed by atoms with Gasteiger partial charge in [0.2, 0.25) is 0 Å². The number of benzene rings is 2. The maximum atomic E-state index is 12.7. The molecule has 3 aromatic rings. The summed E-state index contributed by atoms with van der Waals surface area (Å²) in [7, 11) is 0. The lowest BCUT2D eigenvalue weighted by Crippen LogP contribution is -2.38. The first kappa shape index (κ1) is 20.8. The summed E-state index contributed by atoms with van der Waals surface area (Å²) in [5, 5.41) is 17.2. The second-order valence-electron chi connectivity index (χ2n) is 7.29. The van der Waals surface area contributed by atoms with E-state index in [1.165, 1.54) is 23.2 Å². The van der Waals surface area contributed by atoms with Gasteiger partial charge in [-0.3, -0.25) is 0 Å². The molecule has 0 amide bonds. The summed E-state index contributed by atoms with van der Waals surface area (Å²) >= 11 is 3.38. The topological polar surface area (TPSA) is 99.2 Å². The van der Waals surface area contributed by atoms with Crippen LogP contribution in [0, 0.1) is 13.8 Å². The maximum absolute atomic E-state index is 12.7. The van der Waals surface area contributed by atoms with Crippen LogP contribution in [0.15, 0.2) is 45.7 Å². The smallest absolute Gasteiger partial charge is 0.368 e. The Bertz CT molecular complexity index is 1110. The predicted molar refractivity (Wildman–Crippen MR) is 111 cm³/mol. The average molecular weight is 461 g/mol. The van der Waals surface area contributed by atoms with Crippen molar-refractivity contribution in [2.24, 2.45) is 0 Å². The molecule has 0 spiro atoms. The summed E-state index contributed by atoms with van der Waals surface area (Å²) in [5.74, 6) is -0.526. The van der Waals surface area contributed by atoms with Gasteiger partial charge in [-0.15, -0.1) is 0 Å². The van der Waals surface area contributed by atoms with Crippen molar-refractivity contribution < 1.29 is 14.6 Å². The number of rotatable bonds is 6. The fourth-order valence-electron chi connectivity index (χ4n) is 2.91. The van der Waals surface area contributed by atoms with Gasteiger partial charge in [0.25, 0.3) is 0 Å². The van der Waals surface area contributed by atoms with Crippen molar-refractivity contribution in [1.29, 1.82) is 0 Å². The molecule has 0 saturated heterocycles. The van der Waals surface area contributed by atoms with E-state index >= 15 is 0 Å². The summed E-state index contributed by atoms with van der Waals surface area (Å²) in [5.41, 5.74) is 1.31. The molecule has 0 atom stereocenters. The van der Waals surface area contributed by atoms with Gasteiger partial charge in [-0.05, 0) is 73.0 Å². The molecule has 0 unspecified atom stereocenters. The predicted octanol–water partition coefficient (Wildman–Crippen LogP) is 3.10. The van der Waals surface area contributed by atoms with Crippen molar-refractivity contribution in [3.63, 3.8) is 0 Å². The number of hydrogen-bond donors (Lipinski definition) is 1. The number of halogens is 1. The number of hydrogen-bond acceptors (Lipinski definition) is 5. The van der Waals surface area contributed by atoms with Crippen LogP contribution in [0.5, 0.6) is 5.75 Å². The van der Waals surface area contributed by atoms with E-state index in [4.69, 9.17) is 4.74 Å². The molecule has 9 heteroatoms. The largest absolute Gasteiger partial charge is 0.478 e. The van der Waals surface area contributed by atoms with Crippen molar-refractivity contribution in [1.82, 2.24) is 19.8 Å². The Morgan fingerprint density at radius 2 is 1.83 bits per heavy atom. The maximum Gasteiger partial charge on any atom is 0.368 e. The lowest BCUT2D eigenvalue weighted by Gasteiger charge is -2.24. The minimum absolute atomic E-state index is 0.233. The number of carboxylic acids is 1. The summed E-state index contributed by atoms with van der Waals surface area (Å²) in [6.45, 7) is 6.91. The monoisotopic (exact) mass is 460 g/mol. The first-order chi connectivity index (χ1) is 13.6. The summed E-state index contributed by atoms with van der Waals surface area (Å²) in [6.07, 6.45) is 0. The fourth-order valence-corrected chi connectivity index (χ4v) is 3.29. The van der Waals surface area contributed by atoms with Crippen LogP contribution in [0.2, 0.25) is 0 Å². The van der Waals surface area contributed by atoms with E-state index in [1.807, 2.05) is 38.1 Å². The number of ether oxygens (including phenoxy) is 1. The highest BCUT2D eigenvalue weighted by molar-refractivity contribution is 9.10. The SMILES string of the molecule is Cc1cc(Cn2nnn(-c3cccc(Br)c3)c2=O)cc(C)c1OC(C)(C)C(=O)O. The van der Waals surface area contributed by atoms with E-state index in [9.17, 15) is 14.7 Å². The highest BCUT2D eigenvalue weighted by Crippen LogP contribution is 2.29. The zero-order valence-corrected chi connectivity index (χ0v) is 18.1. The molecular formula is C20H21BrN4O4. The molecule has 1 heterocycles.